The molecule has 6 rings (SSSR count). The number of aromatic nitrogens is 4. The second kappa shape index (κ2) is 9.98. The number of rotatable bonds is 4. The third-order valence-corrected chi connectivity index (χ3v) is 8.76. The van der Waals surface area contributed by atoms with Crippen LogP contribution in [-0.4, -0.2) is 62.9 Å². The van der Waals surface area contributed by atoms with Crippen LogP contribution in [0.25, 0.3) is 16.6 Å². The average molecular weight is 547 g/mol. The zero-order valence-electron chi connectivity index (χ0n) is 22.8. The minimum Gasteiger partial charge on any atom is -0.444 e. The summed E-state index contributed by atoms with van der Waals surface area (Å²) in [5.41, 5.74) is 1.19. The number of pyridine rings is 1. The maximum absolute atomic E-state index is 12.6. The number of benzene rings is 1. The van der Waals surface area contributed by atoms with Gasteiger partial charge in [0.2, 0.25) is 5.95 Å². The molecule has 0 bridgehead atoms. The van der Waals surface area contributed by atoms with E-state index in [0.717, 1.165) is 58.2 Å². The Morgan fingerprint density at radius 3 is 2.69 bits per heavy atom. The van der Waals surface area contributed by atoms with Crippen molar-refractivity contribution in [3.05, 3.63) is 55.1 Å². The molecule has 10 heteroatoms. The van der Waals surface area contributed by atoms with Crippen molar-refractivity contribution in [3.8, 4) is 0 Å². The predicted octanol–water partition coefficient (Wildman–Crippen LogP) is 5.33. The van der Waals surface area contributed by atoms with Crippen molar-refractivity contribution in [2.75, 3.05) is 24.6 Å². The van der Waals surface area contributed by atoms with Crippen LogP contribution in [0.15, 0.2) is 64.9 Å². The van der Waals surface area contributed by atoms with Crippen LogP contribution in [0.4, 0.5) is 10.7 Å². The van der Waals surface area contributed by atoms with Crippen LogP contribution >= 0.6 is 11.8 Å². The van der Waals surface area contributed by atoms with Crippen molar-refractivity contribution in [2.45, 2.75) is 68.1 Å². The second-order valence-corrected chi connectivity index (χ2v) is 12.5. The van der Waals surface area contributed by atoms with Crippen molar-refractivity contribution in [3.63, 3.8) is 0 Å². The second-order valence-electron chi connectivity index (χ2n) is 11.5. The zero-order chi connectivity index (χ0) is 27.2. The number of carbonyl (C=O) groups excluding carboxylic acids is 1. The summed E-state index contributed by atoms with van der Waals surface area (Å²) in [5, 5.41) is 4.24. The van der Waals surface area contributed by atoms with Gasteiger partial charge in [-0.2, -0.15) is 0 Å². The van der Waals surface area contributed by atoms with Crippen LogP contribution in [-0.2, 0) is 9.47 Å². The number of amides is 1. The number of imidazole rings is 1. The van der Waals surface area contributed by atoms with Crippen molar-refractivity contribution in [1.82, 2.24) is 24.7 Å². The highest BCUT2D eigenvalue weighted by molar-refractivity contribution is 7.99. The lowest BCUT2D eigenvalue weighted by atomic mass is 9.73. The first-order valence-electron chi connectivity index (χ1n) is 13.4. The Bertz CT molecular complexity index is 1500. The molecule has 2 aliphatic rings. The lowest BCUT2D eigenvalue weighted by Gasteiger charge is -2.43. The van der Waals surface area contributed by atoms with E-state index in [4.69, 9.17) is 14.5 Å². The Balaban J connectivity index is 1.20. The molecule has 1 N–H and O–H groups in total. The van der Waals surface area contributed by atoms with Gasteiger partial charge in [-0.25, -0.2) is 14.8 Å². The van der Waals surface area contributed by atoms with Crippen molar-refractivity contribution >= 4 is 40.4 Å². The van der Waals surface area contributed by atoms with Gasteiger partial charge in [0.05, 0.1) is 29.2 Å². The van der Waals surface area contributed by atoms with Crippen LogP contribution in [0.2, 0.25) is 0 Å². The maximum atomic E-state index is 12.6. The van der Waals surface area contributed by atoms with E-state index in [1.54, 1.807) is 11.8 Å². The molecule has 0 saturated carbocycles. The normalized spacial score (nSPS) is 21.1. The van der Waals surface area contributed by atoms with Gasteiger partial charge < -0.3 is 19.7 Å². The van der Waals surface area contributed by atoms with E-state index >= 15 is 0 Å². The number of piperidine rings is 1. The van der Waals surface area contributed by atoms with E-state index in [0.29, 0.717) is 6.61 Å². The molecule has 1 aromatic carbocycles. The number of para-hydroxylation sites is 1. The SMILES string of the molecule is C[C@@H]1OCC2(CCN(c3ncc(Sc4ccnc5ccccc45)c4nccn34)CC2)[C@@H]1NC(=O)OC(C)(C)C. The molecule has 2 aliphatic heterocycles. The largest absolute Gasteiger partial charge is 0.444 e. The van der Waals surface area contributed by atoms with E-state index in [-0.39, 0.29) is 23.7 Å². The predicted molar refractivity (Wildman–Crippen MR) is 151 cm³/mol. The Hall–Kier alpha value is -3.37. The van der Waals surface area contributed by atoms with Gasteiger partial charge in [-0.3, -0.25) is 9.38 Å². The first-order valence-corrected chi connectivity index (χ1v) is 14.2. The third kappa shape index (κ3) is 5.03. The average Bonchev–Trinajstić information content (AvgIpc) is 3.51. The topological polar surface area (TPSA) is 93.9 Å². The summed E-state index contributed by atoms with van der Waals surface area (Å²) in [6.45, 7) is 9.91. The highest BCUT2D eigenvalue weighted by atomic mass is 32.2. The van der Waals surface area contributed by atoms with Gasteiger partial charge in [0, 0.05) is 53.6 Å². The van der Waals surface area contributed by atoms with Gasteiger partial charge in [0.1, 0.15) is 5.60 Å². The Labute approximate surface area is 232 Å². The van der Waals surface area contributed by atoms with E-state index in [1.807, 2.05) is 76.7 Å². The number of hydrogen-bond acceptors (Lipinski definition) is 8. The molecule has 2 fully saturated rings. The molecule has 0 unspecified atom stereocenters. The van der Waals surface area contributed by atoms with E-state index in [1.165, 1.54) is 0 Å². The summed E-state index contributed by atoms with van der Waals surface area (Å²) in [7, 11) is 0. The summed E-state index contributed by atoms with van der Waals surface area (Å²) in [4.78, 5) is 31.1. The minimum absolute atomic E-state index is 0.0666. The maximum Gasteiger partial charge on any atom is 0.407 e. The van der Waals surface area contributed by atoms with Crippen LogP contribution in [0.5, 0.6) is 0 Å². The molecule has 1 spiro atoms. The Morgan fingerprint density at radius 2 is 1.90 bits per heavy atom. The van der Waals surface area contributed by atoms with Crippen molar-refractivity contribution in [2.24, 2.45) is 5.41 Å². The number of fused-ring (bicyclic) bond motifs is 2. The minimum atomic E-state index is -0.542. The number of alkyl carbamates (subject to hydrolysis) is 1. The number of hydrogen-bond donors (Lipinski definition) is 1. The summed E-state index contributed by atoms with van der Waals surface area (Å²) < 4.78 is 13.7. The highest BCUT2D eigenvalue weighted by Crippen LogP contribution is 2.43. The number of nitrogens with one attached hydrogen (secondary N) is 1. The van der Waals surface area contributed by atoms with Crippen LogP contribution in [0.1, 0.15) is 40.5 Å². The number of carbonyl (C=O) groups is 1. The molecule has 204 valence electrons. The fourth-order valence-corrected chi connectivity index (χ4v) is 6.76. The molecule has 9 nitrogen and oxygen atoms in total. The first kappa shape index (κ1) is 25.9. The van der Waals surface area contributed by atoms with Gasteiger partial charge in [-0.15, -0.1) is 0 Å². The molecule has 0 aliphatic carbocycles. The smallest absolute Gasteiger partial charge is 0.407 e. The molecule has 4 aromatic rings. The van der Waals surface area contributed by atoms with Gasteiger partial charge in [0.25, 0.3) is 0 Å². The van der Waals surface area contributed by atoms with E-state index in [2.05, 4.69) is 30.7 Å². The Morgan fingerprint density at radius 1 is 1.10 bits per heavy atom. The summed E-state index contributed by atoms with van der Waals surface area (Å²) in [6, 6.07) is 10.1. The van der Waals surface area contributed by atoms with Crippen LogP contribution in [0, 0.1) is 5.41 Å². The molecular weight excluding hydrogens is 512 g/mol. The van der Waals surface area contributed by atoms with Gasteiger partial charge in [-0.1, -0.05) is 30.0 Å². The molecule has 5 heterocycles. The van der Waals surface area contributed by atoms with Crippen LogP contribution < -0.4 is 10.2 Å². The summed E-state index contributed by atoms with van der Waals surface area (Å²) in [5.74, 6) is 0.880. The molecule has 3 aromatic heterocycles. The number of anilines is 1. The quantitative estimate of drug-likeness (QED) is 0.367. The lowest BCUT2D eigenvalue weighted by Crippen LogP contribution is -2.55. The zero-order valence-corrected chi connectivity index (χ0v) is 23.6. The van der Waals surface area contributed by atoms with E-state index in [9.17, 15) is 4.79 Å². The Kier molecular flexibility index (Phi) is 6.63. The third-order valence-electron chi connectivity index (χ3n) is 7.68. The number of ether oxygens (including phenoxy) is 2. The summed E-state index contributed by atoms with van der Waals surface area (Å²) >= 11 is 1.66. The van der Waals surface area contributed by atoms with Gasteiger partial charge in [0.15, 0.2) is 5.65 Å². The van der Waals surface area contributed by atoms with Crippen LogP contribution in [0.3, 0.4) is 0 Å². The standard InChI is InChI=1S/C29H34N6O3S/c1-19-24(33-27(36)38-28(2,3)4)29(18-37-19)10-14-34(15-11-29)26-32-17-23(25-31-13-16-35(25)26)39-22-9-12-30-21-8-6-5-7-20(21)22/h5-9,12-13,16-17,19,24H,10-11,14-15,18H2,1-4H3,(H,33,36)/t19-,24+/m0/s1. The molecule has 0 radical (unpaired) electrons. The fraction of sp³-hybridized carbons (Fsp3) is 0.448. The molecule has 1 amide bonds. The number of nitrogens with zero attached hydrogens (tertiary/aromatic N) is 5. The molecule has 2 saturated heterocycles. The monoisotopic (exact) mass is 546 g/mol. The first-order chi connectivity index (χ1) is 18.7. The fourth-order valence-electron chi connectivity index (χ4n) is 5.76. The van der Waals surface area contributed by atoms with Gasteiger partial charge in [-0.05, 0) is 52.7 Å². The molecule has 39 heavy (non-hydrogen) atoms. The summed E-state index contributed by atoms with van der Waals surface area (Å²) in [6.07, 6.45) is 8.89. The molecular formula is C29H34N6O3S. The lowest BCUT2D eigenvalue weighted by molar-refractivity contribution is 0.0434. The van der Waals surface area contributed by atoms with E-state index < -0.39 is 5.60 Å². The van der Waals surface area contributed by atoms with Gasteiger partial charge >= 0.3 is 6.09 Å². The van der Waals surface area contributed by atoms with Crippen molar-refractivity contribution in [1.29, 1.82) is 0 Å². The molecule has 2 atom stereocenters. The highest BCUT2D eigenvalue weighted by Gasteiger charge is 2.50. The van der Waals surface area contributed by atoms with Crippen molar-refractivity contribution < 1.29 is 14.3 Å².